The number of rotatable bonds is 1. The zero-order valence-electron chi connectivity index (χ0n) is 5.51. The molecule has 0 fully saturated rings. The van der Waals surface area contributed by atoms with E-state index >= 15 is 0 Å². The van der Waals surface area contributed by atoms with Crippen LogP contribution in [0.3, 0.4) is 0 Å². The van der Waals surface area contributed by atoms with E-state index in [0.29, 0.717) is 5.92 Å². The van der Waals surface area contributed by atoms with Gasteiger partial charge in [0.15, 0.2) is 0 Å². The van der Waals surface area contributed by atoms with Crippen LogP contribution in [0.4, 0.5) is 0 Å². The van der Waals surface area contributed by atoms with E-state index in [-0.39, 0.29) is 5.88 Å². The van der Waals surface area contributed by atoms with Gasteiger partial charge in [-0.05, 0) is 12.0 Å². The molecule has 9 heavy (non-hydrogen) atoms. The lowest BCUT2D eigenvalue weighted by atomic mass is 10.1. The van der Waals surface area contributed by atoms with Gasteiger partial charge in [0.25, 0.3) is 0 Å². The summed E-state index contributed by atoms with van der Waals surface area (Å²) in [6, 6.07) is 1.52. The van der Waals surface area contributed by atoms with E-state index in [0.717, 1.165) is 5.69 Å². The van der Waals surface area contributed by atoms with Gasteiger partial charge < -0.3 is 5.11 Å². The van der Waals surface area contributed by atoms with Gasteiger partial charge in [-0.3, -0.25) is 5.10 Å². The summed E-state index contributed by atoms with van der Waals surface area (Å²) in [6.07, 6.45) is 0. The van der Waals surface area contributed by atoms with Gasteiger partial charge in [0.05, 0.1) is 0 Å². The molecular weight excluding hydrogens is 116 g/mol. The summed E-state index contributed by atoms with van der Waals surface area (Å²) in [5.74, 6) is 0.180. The van der Waals surface area contributed by atoms with Crippen molar-refractivity contribution in [1.29, 1.82) is 0 Å². The zero-order valence-corrected chi connectivity index (χ0v) is 5.51. The molecule has 1 N–H and O–H groups in total. The van der Waals surface area contributed by atoms with Gasteiger partial charge in [-0.1, -0.05) is 13.8 Å². The zero-order chi connectivity index (χ0) is 6.85. The van der Waals surface area contributed by atoms with E-state index in [1.807, 2.05) is 13.8 Å². The number of nitrogens with zero attached hydrogens (tertiary/aromatic N) is 1. The fraction of sp³-hybridized carbons (Fsp3) is 0.500. The molecule has 0 aliphatic rings. The second-order valence-electron chi connectivity index (χ2n) is 2.32. The Bertz CT molecular complexity index is 193. The van der Waals surface area contributed by atoms with E-state index in [1.165, 1.54) is 6.07 Å². The number of nitrogens with one attached hydrogen (secondary N) is 1. The van der Waals surface area contributed by atoms with Crippen molar-refractivity contribution in [1.82, 2.24) is 10.2 Å². The topological polar surface area (TPSA) is 51.7 Å². The molecule has 0 saturated carbocycles. The minimum absolute atomic E-state index is 0.182. The van der Waals surface area contributed by atoms with Crippen molar-refractivity contribution in [2.24, 2.45) is 0 Å². The van der Waals surface area contributed by atoms with Crippen molar-refractivity contribution in [3.8, 4) is 5.88 Å². The first-order chi connectivity index (χ1) is 4.20. The fourth-order valence-electron chi connectivity index (χ4n) is 0.613. The Hall–Kier alpha value is -0.990. The van der Waals surface area contributed by atoms with Crippen molar-refractivity contribution in [3.63, 3.8) is 0 Å². The molecule has 0 amide bonds. The molecule has 0 aromatic carbocycles. The fourth-order valence-corrected chi connectivity index (χ4v) is 0.613. The molecule has 0 spiro atoms. The summed E-state index contributed by atoms with van der Waals surface area (Å²) < 4.78 is 0. The number of aromatic amines is 1. The van der Waals surface area contributed by atoms with Crippen LogP contribution in [-0.2, 0) is 0 Å². The Morgan fingerprint density at radius 3 is 2.56 bits per heavy atom. The Balaban J connectivity index is 2.85. The van der Waals surface area contributed by atoms with E-state index < -0.39 is 0 Å². The smallest absolute Gasteiger partial charge is 0.0370 e. The van der Waals surface area contributed by atoms with Crippen LogP contribution in [0.25, 0.3) is 0 Å². The predicted octanol–water partition coefficient (Wildman–Crippen LogP) is 0.607. The molecule has 0 atom stereocenters. The molecule has 1 rings (SSSR count). The van der Waals surface area contributed by atoms with Crippen LogP contribution in [-0.4, -0.2) is 10.2 Å². The van der Waals surface area contributed by atoms with Gasteiger partial charge >= 0.3 is 0 Å². The van der Waals surface area contributed by atoms with E-state index in [1.54, 1.807) is 0 Å². The van der Waals surface area contributed by atoms with Gasteiger partial charge in [0.2, 0.25) is 0 Å². The summed E-state index contributed by atoms with van der Waals surface area (Å²) in [6.45, 7) is 4.01. The standard InChI is InChI=1S/C6H10N2O/c1-4(2)5-3-6(9)8-7-5/h3-4H,1-2H3,(H2,7,8,9)/p-1. The largest absolute Gasteiger partial charge is 0.857 e. The second-order valence-corrected chi connectivity index (χ2v) is 2.32. The van der Waals surface area contributed by atoms with Crippen LogP contribution in [0.5, 0.6) is 5.88 Å². The van der Waals surface area contributed by atoms with Crippen LogP contribution >= 0.6 is 0 Å². The van der Waals surface area contributed by atoms with Crippen molar-refractivity contribution < 1.29 is 5.11 Å². The number of H-pyrrole nitrogens is 1. The lowest BCUT2D eigenvalue weighted by Crippen LogP contribution is -1.87. The molecule has 0 bridgehead atoms. The highest BCUT2D eigenvalue weighted by Gasteiger charge is 1.97. The summed E-state index contributed by atoms with van der Waals surface area (Å²) >= 11 is 0. The quantitative estimate of drug-likeness (QED) is 0.597. The number of hydrogen-bond acceptors (Lipinski definition) is 2. The Morgan fingerprint density at radius 1 is 1.67 bits per heavy atom. The monoisotopic (exact) mass is 125 g/mol. The van der Waals surface area contributed by atoms with Gasteiger partial charge in [-0.15, -0.1) is 0 Å². The molecule has 0 aliphatic carbocycles. The third-order valence-electron chi connectivity index (χ3n) is 1.20. The number of hydrogen-bond donors (Lipinski definition) is 1. The van der Waals surface area contributed by atoms with E-state index in [9.17, 15) is 5.11 Å². The summed E-state index contributed by atoms with van der Waals surface area (Å²) in [5.41, 5.74) is 0.903. The van der Waals surface area contributed by atoms with Gasteiger partial charge in [0, 0.05) is 11.6 Å². The summed E-state index contributed by atoms with van der Waals surface area (Å²) in [4.78, 5) is 0. The molecule has 50 valence electrons. The van der Waals surface area contributed by atoms with Crippen LogP contribution in [0, 0.1) is 0 Å². The van der Waals surface area contributed by atoms with Gasteiger partial charge in [-0.2, -0.15) is 5.10 Å². The Morgan fingerprint density at radius 2 is 2.33 bits per heavy atom. The minimum atomic E-state index is -0.182. The van der Waals surface area contributed by atoms with Crippen LogP contribution in [0.15, 0.2) is 6.07 Å². The molecular formula is C6H9N2O-. The third kappa shape index (κ3) is 1.22. The average Bonchev–Trinajstić information content (AvgIpc) is 2.14. The van der Waals surface area contributed by atoms with E-state index in [2.05, 4.69) is 10.2 Å². The first kappa shape index (κ1) is 6.13. The lowest BCUT2D eigenvalue weighted by Gasteiger charge is -1.96. The highest BCUT2D eigenvalue weighted by atomic mass is 16.3. The normalized spacial score (nSPS) is 10.6. The Kier molecular flexibility index (Phi) is 1.42. The Labute approximate surface area is 53.7 Å². The molecule has 0 aliphatic heterocycles. The maximum Gasteiger partial charge on any atom is 0.0370 e. The lowest BCUT2D eigenvalue weighted by molar-refractivity contribution is -0.275. The summed E-state index contributed by atoms with van der Waals surface area (Å²) in [5, 5.41) is 16.6. The molecule has 0 unspecified atom stereocenters. The minimum Gasteiger partial charge on any atom is -0.857 e. The maximum atomic E-state index is 10.5. The maximum absolute atomic E-state index is 10.5. The van der Waals surface area contributed by atoms with Crippen molar-refractivity contribution in [3.05, 3.63) is 11.8 Å². The summed E-state index contributed by atoms with van der Waals surface area (Å²) in [7, 11) is 0. The number of aromatic nitrogens is 2. The molecule has 1 aromatic heterocycles. The second kappa shape index (κ2) is 2.09. The van der Waals surface area contributed by atoms with Crippen LogP contribution < -0.4 is 5.11 Å². The first-order valence-corrected chi connectivity index (χ1v) is 2.92. The SMILES string of the molecule is CC(C)c1cc([O-])n[nH]1. The third-order valence-corrected chi connectivity index (χ3v) is 1.20. The van der Waals surface area contributed by atoms with Crippen molar-refractivity contribution >= 4 is 0 Å². The highest BCUT2D eigenvalue weighted by molar-refractivity contribution is 5.13. The molecule has 3 heteroatoms. The van der Waals surface area contributed by atoms with Gasteiger partial charge in [-0.25, -0.2) is 0 Å². The molecule has 3 nitrogen and oxygen atoms in total. The van der Waals surface area contributed by atoms with Crippen molar-refractivity contribution in [2.45, 2.75) is 19.8 Å². The molecule has 1 heterocycles. The van der Waals surface area contributed by atoms with Gasteiger partial charge in [0.1, 0.15) is 0 Å². The van der Waals surface area contributed by atoms with Crippen LogP contribution in [0.2, 0.25) is 0 Å². The first-order valence-electron chi connectivity index (χ1n) is 2.92. The molecule has 1 aromatic rings. The van der Waals surface area contributed by atoms with Crippen LogP contribution in [0.1, 0.15) is 25.5 Å². The highest BCUT2D eigenvalue weighted by Crippen LogP contribution is 2.12. The molecule has 0 saturated heterocycles. The van der Waals surface area contributed by atoms with Crippen molar-refractivity contribution in [2.75, 3.05) is 0 Å². The predicted molar refractivity (Wildman–Crippen MR) is 32.1 cm³/mol. The average molecular weight is 125 g/mol. The molecule has 0 radical (unpaired) electrons. The van der Waals surface area contributed by atoms with E-state index in [4.69, 9.17) is 0 Å².